The molecule has 1 amide bonds. The first-order chi connectivity index (χ1) is 13.4. The summed E-state index contributed by atoms with van der Waals surface area (Å²) in [4.78, 5) is 18.5. The van der Waals surface area contributed by atoms with Crippen molar-refractivity contribution in [1.29, 1.82) is 0 Å². The van der Waals surface area contributed by atoms with Crippen molar-refractivity contribution in [3.63, 3.8) is 0 Å². The van der Waals surface area contributed by atoms with E-state index in [2.05, 4.69) is 19.9 Å². The molecule has 2 fully saturated rings. The molecule has 1 aromatic heterocycles. The van der Waals surface area contributed by atoms with E-state index in [0.717, 1.165) is 26.1 Å². The van der Waals surface area contributed by atoms with Crippen LogP contribution in [0.25, 0.3) is 0 Å². The fourth-order valence-corrected chi connectivity index (χ4v) is 3.41. The van der Waals surface area contributed by atoms with Gasteiger partial charge in [0.25, 0.3) is 5.91 Å². The van der Waals surface area contributed by atoms with Crippen LogP contribution in [0.3, 0.4) is 0 Å². The van der Waals surface area contributed by atoms with Crippen molar-refractivity contribution in [2.45, 2.75) is 18.6 Å². The SMILES string of the molecule is O=C(NCC(C1CCOC1)N1CCOCC1)c1ccc(OCC(F)(F)F)nc1. The smallest absolute Gasteiger partial charge is 0.422 e. The summed E-state index contributed by atoms with van der Waals surface area (Å²) in [6.07, 6.45) is -2.27. The van der Waals surface area contributed by atoms with Crippen LogP contribution in [0.5, 0.6) is 5.88 Å². The first-order valence-corrected chi connectivity index (χ1v) is 9.26. The van der Waals surface area contributed by atoms with Gasteiger partial charge in [-0.15, -0.1) is 0 Å². The number of nitrogens with zero attached hydrogens (tertiary/aromatic N) is 2. The van der Waals surface area contributed by atoms with Gasteiger partial charge in [0, 0.05) is 50.5 Å². The lowest BCUT2D eigenvalue weighted by Crippen LogP contribution is -2.52. The normalized spacial score (nSPS) is 22.0. The van der Waals surface area contributed by atoms with E-state index in [9.17, 15) is 18.0 Å². The lowest BCUT2D eigenvalue weighted by atomic mass is 9.96. The zero-order valence-corrected chi connectivity index (χ0v) is 15.4. The van der Waals surface area contributed by atoms with E-state index in [0.29, 0.717) is 32.3 Å². The Bertz CT molecular complexity index is 630. The molecule has 1 N–H and O–H groups in total. The quantitative estimate of drug-likeness (QED) is 0.744. The topological polar surface area (TPSA) is 72.9 Å². The number of nitrogens with one attached hydrogen (secondary N) is 1. The van der Waals surface area contributed by atoms with Gasteiger partial charge in [-0.3, -0.25) is 9.69 Å². The van der Waals surface area contributed by atoms with Crippen LogP contribution in [-0.2, 0) is 9.47 Å². The number of morpholine rings is 1. The van der Waals surface area contributed by atoms with Crippen molar-refractivity contribution in [3.05, 3.63) is 23.9 Å². The van der Waals surface area contributed by atoms with Crippen LogP contribution in [0.4, 0.5) is 13.2 Å². The summed E-state index contributed by atoms with van der Waals surface area (Å²) < 4.78 is 52.0. The fraction of sp³-hybridized carbons (Fsp3) is 0.667. The molecule has 7 nitrogen and oxygen atoms in total. The van der Waals surface area contributed by atoms with Crippen molar-refractivity contribution in [2.24, 2.45) is 5.92 Å². The molecular weight excluding hydrogens is 379 g/mol. The predicted octanol–water partition coefficient (Wildman–Crippen LogP) is 1.49. The molecule has 3 heterocycles. The van der Waals surface area contributed by atoms with Crippen LogP contribution < -0.4 is 10.1 Å². The monoisotopic (exact) mass is 403 g/mol. The third-order valence-electron chi connectivity index (χ3n) is 4.88. The van der Waals surface area contributed by atoms with Gasteiger partial charge in [-0.2, -0.15) is 13.2 Å². The molecule has 2 unspecified atom stereocenters. The summed E-state index contributed by atoms with van der Waals surface area (Å²) in [5.41, 5.74) is 0.266. The van der Waals surface area contributed by atoms with Gasteiger partial charge in [-0.25, -0.2) is 4.98 Å². The van der Waals surface area contributed by atoms with E-state index >= 15 is 0 Å². The minimum absolute atomic E-state index is 0.151. The number of carbonyl (C=O) groups excluding carboxylic acids is 1. The third kappa shape index (κ3) is 6.05. The van der Waals surface area contributed by atoms with Crippen molar-refractivity contribution < 1.29 is 32.2 Å². The maximum atomic E-state index is 12.4. The number of ether oxygens (including phenoxy) is 3. The zero-order valence-electron chi connectivity index (χ0n) is 15.4. The van der Waals surface area contributed by atoms with Crippen LogP contribution in [0.1, 0.15) is 16.8 Å². The van der Waals surface area contributed by atoms with Crippen molar-refractivity contribution in [3.8, 4) is 5.88 Å². The molecule has 0 aliphatic carbocycles. The molecule has 0 bridgehead atoms. The number of pyridine rings is 1. The predicted molar refractivity (Wildman–Crippen MR) is 93.2 cm³/mol. The summed E-state index contributed by atoms with van der Waals surface area (Å²) in [6.45, 7) is 3.39. The third-order valence-corrected chi connectivity index (χ3v) is 4.88. The van der Waals surface area contributed by atoms with Gasteiger partial charge in [0.2, 0.25) is 5.88 Å². The molecule has 0 saturated carbocycles. The molecule has 28 heavy (non-hydrogen) atoms. The summed E-state index contributed by atoms with van der Waals surface area (Å²) >= 11 is 0. The van der Waals surface area contributed by atoms with E-state index in [1.54, 1.807) is 0 Å². The van der Waals surface area contributed by atoms with Gasteiger partial charge >= 0.3 is 6.18 Å². The average molecular weight is 403 g/mol. The summed E-state index contributed by atoms with van der Waals surface area (Å²) in [5, 5.41) is 2.91. The van der Waals surface area contributed by atoms with E-state index < -0.39 is 12.8 Å². The molecule has 2 aliphatic heterocycles. The highest BCUT2D eigenvalue weighted by Gasteiger charge is 2.32. The van der Waals surface area contributed by atoms with E-state index in [4.69, 9.17) is 9.47 Å². The Labute approximate surface area is 161 Å². The molecular formula is C18H24F3N3O4. The lowest BCUT2D eigenvalue weighted by Gasteiger charge is -2.37. The number of amides is 1. The highest BCUT2D eigenvalue weighted by molar-refractivity contribution is 5.93. The van der Waals surface area contributed by atoms with E-state index in [1.807, 2.05) is 0 Å². The van der Waals surface area contributed by atoms with Gasteiger partial charge in [-0.05, 0) is 12.5 Å². The van der Waals surface area contributed by atoms with Crippen LogP contribution in [-0.4, -0.2) is 80.7 Å². The van der Waals surface area contributed by atoms with Crippen LogP contribution in [0.2, 0.25) is 0 Å². The van der Waals surface area contributed by atoms with Gasteiger partial charge in [-0.1, -0.05) is 0 Å². The molecule has 1 aromatic rings. The van der Waals surface area contributed by atoms with Crippen molar-refractivity contribution in [2.75, 3.05) is 52.7 Å². The summed E-state index contributed by atoms with van der Waals surface area (Å²) in [5.74, 6) is -0.162. The number of hydrogen-bond acceptors (Lipinski definition) is 6. The highest BCUT2D eigenvalue weighted by Crippen LogP contribution is 2.22. The van der Waals surface area contributed by atoms with Gasteiger partial charge in [0.05, 0.1) is 25.4 Å². The Morgan fingerprint density at radius 3 is 2.68 bits per heavy atom. The number of carbonyl (C=O) groups is 1. The number of hydrogen-bond donors (Lipinski definition) is 1. The molecule has 3 rings (SSSR count). The molecule has 10 heteroatoms. The minimum atomic E-state index is -4.43. The Kier molecular flexibility index (Phi) is 7.08. The maximum absolute atomic E-state index is 12.4. The number of rotatable bonds is 7. The molecule has 2 saturated heterocycles. The Hall–Kier alpha value is -1.91. The van der Waals surface area contributed by atoms with E-state index in [1.165, 1.54) is 18.3 Å². The number of alkyl halides is 3. The number of aromatic nitrogens is 1. The van der Waals surface area contributed by atoms with Crippen molar-refractivity contribution in [1.82, 2.24) is 15.2 Å². The second kappa shape index (κ2) is 9.53. The Morgan fingerprint density at radius 2 is 2.07 bits per heavy atom. The van der Waals surface area contributed by atoms with Crippen LogP contribution >= 0.6 is 0 Å². The Balaban J connectivity index is 1.54. The first-order valence-electron chi connectivity index (χ1n) is 9.26. The molecule has 2 aliphatic rings. The second-order valence-electron chi connectivity index (χ2n) is 6.84. The van der Waals surface area contributed by atoms with Gasteiger partial charge < -0.3 is 19.5 Å². The summed E-state index contributed by atoms with van der Waals surface area (Å²) in [7, 11) is 0. The highest BCUT2D eigenvalue weighted by atomic mass is 19.4. The largest absolute Gasteiger partial charge is 0.468 e. The molecule has 0 aromatic carbocycles. The molecule has 2 atom stereocenters. The molecule has 0 radical (unpaired) electrons. The zero-order chi connectivity index (χ0) is 20.0. The van der Waals surface area contributed by atoms with Gasteiger partial charge in [0.1, 0.15) is 0 Å². The Morgan fingerprint density at radius 1 is 1.29 bits per heavy atom. The molecule has 0 spiro atoms. The van der Waals surface area contributed by atoms with Crippen LogP contribution in [0, 0.1) is 5.92 Å². The minimum Gasteiger partial charge on any atom is -0.468 e. The second-order valence-corrected chi connectivity index (χ2v) is 6.84. The van der Waals surface area contributed by atoms with Gasteiger partial charge in [0.15, 0.2) is 6.61 Å². The average Bonchev–Trinajstić information content (AvgIpc) is 3.21. The fourth-order valence-electron chi connectivity index (χ4n) is 3.41. The first kappa shape index (κ1) is 20.8. The van der Waals surface area contributed by atoms with Crippen molar-refractivity contribution >= 4 is 5.91 Å². The number of halogens is 3. The summed E-state index contributed by atoms with van der Waals surface area (Å²) in [6, 6.07) is 2.80. The maximum Gasteiger partial charge on any atom is 0.422 e. The van der Waals surface area contributed by atoms with Crippen LogP contribution in [0.15, 0.2) is 18.3 Å². The molecule has 156 valence electrons. The lowest BCUT2D eigenvalue weighted by molar-refractivity contribution is -0.154. The van der Waals surface area contributed by atoms with E-state index in [-0.39, 0.29) is 23.4 Å². The standard InChI is InChI=1S/C18H24F3N3O4/c19-18(20,21)12-28-16-2-1-13(9-22-16)17(25)23-10-15(14-3-6-27-11-14)24-4-7-26-8-5-24/h1-2,9,14-15H,3-8,10-12H2,(H,23,25).